The Balaban J connectivity index is 3.14. The van der Waals surface area contributed by atoms with Crippen molar-refractivity contribution in [1.29, 1.82) is 0 Å². The molecule has 1 aromatic rings. The Morgan fingerprint density at radius 2 is 2.00 bits per heavy atom. The van der Waals surface area contributed by atoms with Crippen LogP contribution in [0.1, 0.15) is 13.8 Å². The standard InChI is InChI=1S/C11H16N2O3S/c1-3-17(15,16)10-7-5-4-6-9(10)13-11(14)8(2)12/h4-8H,3,12H2,1-2H3,(H,13,14). The van der Waals surface area contributed by atoms with Crippen LogP contribution in [0.2, 0.25) is 0 Å². The van der Waals surface area contributed by atoms with Gasteiger partial charge in [0.2, 0.25) is 5.91 Å². The first-order chi connectivity index (χ1) is 7.88. The summed E-state index contributed by atoms with van der Waals surface area (Å²) in [6, 6.07) is 5.60. The molecule has 1 rings (SSSR count). The van der Waals surface area contributed by atoms with Crippen LogP contribution in [0.5, 0.6) is 0 Å². The van der Waals surface area contributed by atoms with Gasteiger partial charge in [0, 0.05) is 0 Å². The van der Waals surface area contributed by atoms with Crippen molar-refractivity contribution in [2.24, 2.45) is 5.73 Å². The van der Waals surface area contributed by atoms with Crippen molar-refractivity contribution in [3.8, 4) is 0 Å². The fourth-order valence-corrected chi connectivity index (χ4v) is 2.29. The molecule has 1 amide bonds. The minimum absolute atomic E-state index is 0.0158. The molecule has 1 aromatic carbocycles. The van der Waals surface area contributed by atoms with Crippen molar-refractivity contribution in [2.75, 3.05) is 11.1 Å². The molecule has 0 aliphatic carbocycles. The molecule has 0 radical (unpaired) electrons. The molecular formula is C11H16N2O3S. The summed E-state index contributed by atoms with van der Waals surface area (Å²) in [5, 5.41) is 2.51. The number of hydrogen-bond donors (Lipinski definition) is 2. The lowest BCUT2D eigenvalue weighted by Gasteiger charge is -2.12. The number of nitrogens with two attached hydrogens (primary N) is 1. The highest BCUT2D eigenvalue weighted by atomic mass is 32.2. The smallest absolute Gasteiger partial charge is 0.241 e. The minimum Gasteiger partial charge on any atom is -0.324 e. The van der Waals surface area contributed by atoms with Crippen LogP contribution in [0.15, 0.2) is 29.2 Å². The number of anilines is 1. The summed E-state index contributed by atoms with van der Waals surface area (Å²) < 4.78 is 23.6. The number of sulfone groups is 1. The van der Waals surface area contributed by atoms with E-state index < -0.39 is 21.8 Å². The largest absolute Gasteiger partial charge is 0.324 e. The van der Waals surface area contributed by atoms with Crippen LogP contribution < -0.4 is 11.1 Å². The van der Waals surface area contributed by atoms with Crippen LogP contribution in [0.4, 0.5) is 5.69 Å². The summed E-state index contributed by atoms with van der Waals surface area (Å²) in [4.78, 5) is 11.6. The van der Waals surface area contributed by atoms with E-state index in [0.29, 0.717) is 0 Å². The predicted octanol–water partition coefficient (Wildman–Crippen LogP) is 0.766. The van der Waals surface area contributed by atoms with E-state index in [1.54, 1.807) is 25.1 Å². The van der Waals surface area contributed by atoms with Gasteiger partial charge in [-0.15, -0.1) is 0 Å². The molecule has 0 aliphatic rings. The van der Waals surface area contributed by atoms with Gasteiger partial charge in [-0.2, -0.15) is 0 Å². The third kappa shape index (κ3) is 3.28. The van der Waals surface area contributed by atoms with Crippen molar-refractivity contribution in [3.63, 3.8) is 0 Å². The van der Waals surface area contributed by atoms with E-state index >= 15 is 0 Å². The molecule has 0 fully saturated rings. The molecular weight excluding hydrogens is 240 g/mol. The van der Waals surface area contributed by atoms with Crippen LogP contribution in [-0.2, 0) is 14.6 Å². The highest BCUT2D eigenvalue weighted by Gasteiger charge is 2.18. The predicted molar refractivity (Wildman–Crippen MR) is 66.4 cm³/mol. The summed E-state index contributed by atoms with van der Waals surface area (Å²) in [7, 11) is -3.36. The second kappa shape index (κ2) is 5.29. The monoisotopic (exact) mass is 256 g/mol. The Morgan fingerprint density at radius 3 is 2.53 bits per heavy atom. The fraction of sp³-hybridized carbons (Fsp3) is 0.364. The maximum atomic E-state index is 11.8. The lowest BCUT2D eigenvalue weighted by atomic mass is 10.3. The Bertz CT molecular complexity index is 509. The molecule has 0 heterocycles. The van der Waals surface area contributed by atoms with Crippen LogP contribution in [-0.4, -0.2) is 26.1 Å². The first-order valence-corrected chi connectivity index (χ1v) is 6.92. The maximum Gasteiger partial charge on any atom is 0.241 e. The van der Waals surface area contributed by atoms with E-state index in [2.05, 4.69) is 5.32 Å². The Hall–Kier alpha value is -1.40. The number of amides is 1. The highest BCUT2D eigenvalue weighted by molar-refractivity contribution is 7.91. The molecule has 1 atom stereocenters. The third-order valence-corrected chi connectivity index (χ3v) is 4.06. The second-order valence-electron chi connectivity index (χ2n) is 3.68. The summed E-state index contributed by atoms with van der Waals surface area (Å²) >= 11 is 0. The van der Waals surface area contributed by atoms with E-state index in [4.69, 9.17) is 5.73 Å². The molecule has 5 nitrogen and oxygen atoms in total. The van der Waals surface area contributed by atoms with Crippen LogP contribution >= 0.6 is 0 Å². The van der Waals surface area contributed by atoms with E-state index in [0.717, 1.165) is 0 Å². The molecule has 3 N–H and O–H groups in total. The van der Waals surface area contributed by atoms with Crippen LogP contribution in [0.25, 0.3) is 0 Å². The number of carbonyl (C=O) groups excluding carboxylic acids is 1. The van der Waals surface area contributed by atoms with Crippen LogP contribution in [0, 0.1) is 0 Å². The number of hydrogen-bond acceptors (Lipinski definition) is 4. The van der Waals surface area contributed by atoms with Gasteiger partial charge >= 0.3 is 0 Å². The van der Waals surface area contributed by atoms with Gasteiger partial charge in [-0.05, 0) is 19.1 Å². The summed E-state index contributed by atoms with van der Waals surface area (Å²) in [6.07, 6.45) is 0. The van der Waals surface area contributed by atoms with Crippen LogP contribution in [0.3, 0.4) is 0 Å². The fourth-order valence-electron chi connectivity index (χ4n) is 1.24. The van der Waals surface area contributed by atoms with Gasteiger partial charge in [-0.25, -0.2) is 8.42 Å². The molecule has 0 aromatic heterocycles. The lowest BCUT2D eigenvalue weighted by molar-refractivity contribution is -0.117. The average Bonchev–Trinajstić information content (AvgIpc) is 2.29. The Morgan fingerprint density at radius 1 is 1.41 bits per heavy atom. The number of para-hydroxylation sites is 1. The number of benzene rings is 1. The Kier molecular flexibility index (Phi) is 4.25. The molecule has 17 heavy (non-hydrogen) atoms. The van der Waals surface area contributed by atoms with E-state index in [9.17, 15) is 13.2 Å². The number of nitrogens with one attached hydrogen (secondary N) is 1. The summed E-state index contributed by atoms with van der Waals surface area (Å²) in [5.41, 5.74) is 5.69. The molecule has 1 unspecified atom stereocenters. The van der Waals surface area contributed by atoms with Gasteiger partial charge < -0.3 is 11.1 Å². The zero-order valence-corrected chi connectivity index (χ0v) is 10.6. The van der Waals surface area contributed by atoms with Gasteiger partial charge in [0.25, 0.3) is 0 Å². The van der Waals surface area contributed by atoms with Crippen molar-refractivity contribution in [3.05, 3.63) is 24.3 Å². The highest BCUT2D eigenvalue weighted by Crippen LogP contribution is 2.21. The summed E-state index contributed by atoms with van der Waals surface area (Å²) in [6.45, 7) is 3.09. The van der Waals surface area contributed by atoms with Crippen molar-refractivity contribution >= 4 is 21.4 Å². The van der Waals surface area contributed by atoms with Gasteiger partial charge in [-0.3, -0.25) is 4.79 Å². The molecule has 0 saturated heterocycles. The average molecular weight is 256 g/mol. The van der Waals surface area contributed by atoms with Gasteiger partial charge in [0.1, 0.15) is 0 Å². The second-order valence-corrected chi connectivity index (χ2v) is 5.92. The molecule has 0 aliphatic heterocycles. The van der Waals surface area contributed by atoms with E-state index in [1.807, 2.05) is 0 Å². The number of rotatable bonds is 4. The van der Waals surface area contributed by atoms with E-state index in [1.165, 1.54) is 13.0 Å². The third-order valence-electron chi connectivity index (χ3n) is 2.27. The maximum absolute atomic E-state index is 11.8. The Labute approximate surface area is 101 Å². The van der Waals surface area contributed by atoms with Gasteiger partial charge in [-0.1, -0.05) is 19.1 Å². The zero-order chi connectivity index (χ0) is 13.1. The quantitative estimate of drug-likeness (QED) is 0.832. The van der Waals surface area contributed by atoms with Crippen molar-refractivity contribution in [1.82, 2.24) is 0 Å². The number of carbonyl (C=O) groups is 1. The molecule has 0 bridgehead atoms. The topological polar surface area (TPSA) is 89.3 Å². The molecule has 94 valence electrons. The lowest BCUT2D eigenvalue weighted by Crippen LogP contribution is -2.33. The molecule has 0 saturated carbocycles. The minimum atomic E-state index is -3.36. The zero-order valence-electron chi connectivity index (χ0n) is 9.80. The molecule has 0 spiro atoms. The van der Waals surface area contributed by atoms with Gasteiger partial charge in [0.15, 0.2) is 9.84 Å². The molecule has 6 heteroatoms. The summed E-state index contributed by atoms with van der Waals surface area (Å²) in [5.74, 6) is -0.429. The SMILES string of the molecule is CCS(=O)(=O)c1ccccc1NC(=O)C(C)N. The first kappa shape index (κ1) is 13.7. The van der Waals surface area contributed by atoms with Crippen molar-refractivity contribution < 1.29 is 13.2 Å². The van der Waals surface area contributed by atoms with E-state index in [-0.39, 0.29) is 16.3 Å². The first-order valence-electron chi connectivity index (χ1n) is 5.26. The normalized spacial score (nSPS) is 13.1. The van der Waals surface area contributed by atoms with Gasteiger partial charge in [0.05, 0.1) is 22.4 Å². The van der Waals surface area contributed by atoms with Crippen molar-refractivity contribution in [2.45, 2.75) is 24.8 Å².